The van der Waals surface area contributed by atoms with Crippen molar-refractivity contribution in [2.75, 3.05) is 6.61 Å². The number of rotatable bonds is 5. The van der Waals surface area contributed by atoms with E-state index in [-0.39, 0.29) is 12.8 Å². The van der Waals surface area contributed by atoms with Crippen LogP contribution >= 0.6 is 0 Å². The summed E-state index contributed by atoms with van der Waals surface area (Å²) in [5, 5.41) is 46.3. The third kappa shape index (κ3) is 3.37. The topological polar surface area (TPSA) is 153 Å². The predicted octanol–water partition coefficient (Wildman–Crippen LogP) is -2.98. The Morgan fingerprint density at radius 2 is 1.72 bits per heavy atom. The summed E-state index contributed by atoms with van der Waals surface area (Å²) >= 11 is 0. The maximum atomic E-state index is 10.5. The highest BCUT2D eigenvalue weighted by atomic mass is 16.5. The lowest BCUT2D eigenvalue weighted by atomic mass is 9.92. The Labute approximate surface area is 104 Å². The molecule has 1 heterocycles. The molecule has 6 atom stereocenters. The first-order valence-corrected chi connectivity index (χ1v) is 5.67. The normalized spacial score (nSPS) is 38.4. The lowest BCUT2D eigenvalue weighted by Crippen LogP contribution is -2.58. The van der Waals surface area contributed by atoms with E-state index >= 15 is 0 Å². The Bertz CT molecular complexity index is 285. The lowest BCUT2D eigenvalue weighted by Gasteiger charge is -2.40. The van der Waals surface area contributed by atoms with E-state index in [1.807, 2.05) is 0 Å². The van der Waals surface area contributed by atoms with Crippen LogP contribution in [0.3, 0.4) is 0 Å². The molecule has 0 bridgehead atoms. The van der Waals surface area contributed by atoms with Gasteiger partial charge in [0, 0.05) is 0 Å². The fourth-order valence-electron chi connectivity index (χ4n) is 1.88. The van der Waals surface area contributed by atoms with Crippen LogP contribution in [0.25, 0.3) is 0 Å². The summed E-state index contributed by atoms with van der Waals surface area (Å²) in [5.41, 5.74) is 5.31. The number of aliphatic hydroxyl groups excluding tert-OH is 4. The monoisotopic (exact) mass is 265 g/mol. The standard InChI is InChI=1S/C10H19NO7/c11-4(10(16)17)1-2-5-7(13)9(15)8(14)6(3-12)18-5/h4-9,12-15H,1-3,11H2,(H,16,17)/t4-,5-,6+,7-,8+,9+/m0/s1. The summed E-state index contributed by atoms with van der Waals surface area (Å²) in [7, 11) is 0. The van der Waals surface area contributed by atoms with Crippen LogP contribution in [-0.2, 0) is 9.53 Å². The predicted molar refractivity (Wildman–Crippen MR) is 58.6 cm³/mol. The molecule has 1 aliphatic rings. The molecule has 1 fully saturated rings. The van der Waals surface area contributed by atoms with Crippen molar-refractivity contribution in [3.05, 3.63) is 0 Å². The molecule has 7 N–H and O–H groups in total. The zero-order valence-corrected chi connectivity index (χ0v) is 9.72. The van der Waals surface area contributed by atoms with Gasteiger partial charge in [-0.05, 0) is 12.8 Å². The molecule has 18 heavy (non-hydrogen) atoms. The van der Waals surface area contributed by atoms with Crippen molar-refractivity contribution in [3.63, 3.8) is 0 Å². The number of hydrogen-bond acceptors (Lipinski definition) is 7. The Kier molecular flexibility index (Phi) is 5.45. The van der Waals surface area contributed by atoms with Gasteiger partial charge in [0.15, 0.2) is 0 Å². The van der Waals surface area contributed by atoms with Crippen molar-refractivity contribution in [1.82, 2.24) is 0 Å². The highest BCUT2D eigenvalue weighted by molar-refractivity contribution is 5.72. The summed E-state index contributed by atoms with van der Waals surface area (Å²) in [6.07, 6.45) is -5.88. The fraction of sp³-hybridized carbons (Fsp3) is 0.900. The maximum absolute atomic E-state index is 10.5. The van der Waals surface area contributed by atoms with E-state index in [1.54, 1.807) is 0 Å². The number of aliphatic carboxylic acids is 1. The van der Waals surface area contributed by atoms with Crippen LogP contribution < -0.4 is 5.73 Å². The summed E-state index contributed by atoms with van der Waals surface area (Å²) in [6.45, 7) is -0.508. The number of aliphatic hydroxyl groups is 4. The van der Waals surface area contributed by atoms with Gasteiger partial charge in [-0.1, -0.05) is 0 Å². The molecule has 1 rings (SSSR count). The molecular weight excluding hydrogens is 246 g/mol. The molecular formula is C10H19NO7. The van der Waals surface area contributed by atoms with Gasteiger partial charge in [0.25, 0.3) is 0 Å². The Morgan fingerprint density at radius 3 is 2.22 bits per heavy atom. The van der Waals surface area contributed by atoms with Gasteiger partial charge in [0.05, 0.1) is 12.7 Å². The zero-order valence-electron chi connectivity index (χ0n) is 9.72. The minimum atomic E-state index is -1.44. The minimum absolute atomic E-state index is 0.0536. The quantitative estimate of drug-likeness (QED) is 0.308. The van der Waals surface area contributed by atoms with Crippen molar-refractivity contribution < 1.29 is 35.1 Å². The van der Waals surface area contributed by atoms with Gasteiger partial charge in [0.1, 0.15) is 30.5 Å². The Balaban J connectivity index is 2.56. The second-order valence-corrected chi connectivity index (χ2v) is 4.39. The van der Waals surface area contributed by atoms with Gasteiger partial charge >= 0.3 is 5.97 Å². The number of hydrogen-bond donors (Lipinski definition) is 6. The van der Waals surface area contributed by atoms with Crippen molar-refractivity contribution in [2.45, 2.75) is 49.4 Å². The third-order valence-electron chi connectivity index (χ3n) is 3.07. The average molecular weight is 265 g/mol. The van der Waals surface area contributed by atoms with Crippen LogP contribution in [0.4, 0.5) is 0 Å². The van der Waals surface area contributed by atoms with E-state index in [9.17, 15) is 20.1 Å². The first-order chi connectivity index (χ1) is 8.38. The van der Waals surface area contributed by atoms with E-state index < -0.39 is 49.1 Å². The molecule has 0 aromatic carbocycles. The van der Waals surface area contributed by atoms with E-state index in [1.165, 1.54) is 0 Å². The first kappa shape index (κ1) is 15.3. The second-order valence-electron chi connectivity index (χ2n) is 4.39. The third-order valence-corrected chi connectivity index (χ3v) is 3.07. The second kappa shape index (κ2) is 6.41. The van der Waals surface area contributed by atoms with E-state index in [0.29, 0.717) is 0 Å². The van der Waals surface area contributed by atoms with Crippen LogP contribution in [0.1, 0.15) is 12.8 Å². The Hall–Kier alpha value is -0.770. The van der Waals surface area contributed by atoms with Crippen LogP contribution in [0.5, 0.6) is 0 Å². The van der Waals surface area contributed by atoms with Gasteiger partial charge in [-0.2, -0.15) is 0 Å². The molecule has 0 radical (unpaired) electrons. The molecule has 0 saturated carbocycles. The number of carboxylic acid groups (broad SMARTS) is 1. The van der Waals surface area contributed by atoms with Crippen molar-refractivity contribution in [1.29, 1.82) is 0 Å². The average Bonchev–Trinajstić information content (AvgIpc) is 2.34. The molecule has 8 heteroatoms. The van der Waals surface area contributed by atoms with Crippen LogP contribution in [0, 0.1) is 0 Å². The van der Waals surface area contributed by atoms with Crippen molar-refractivity contribution >= 4 is 5.97 Å². The molecule has 0 aromatic rings. The number of ether oxygens (including phenoxy) is 1. The highest BCUT2D eigenvalue weighted by Crippen LogP contribution is 2.24. The highest BCUT2D eigenvalue weighted by Gasteiger charge is 2.43. The molecule has 0 aromatic heterocycles. The molecule has 8 nitrogen and oxygen atoms in total. The SMILES string of the molecule is N[C@@H](CC[C@@H]1O[C@H](CO)[C@@H](O)[C@H](O)[C@H]1O)C(=O)O. The first-order valence-electron chi connectivity index (χ1n) is 5.67. The van der Waals surface area contributed by atoms with Crippen LogP contribution in [-0.4, -0.2) is 74.7 Å². The summed E-state index contributed by atoms with van der Waals surface area (Å²) in [6, 6.07) is -1.09. The van der Waals surface area contributed by atoms with Gasteiger partial charge in [-0.3, -0.25) is 4.79 Å². The summed E-state index contributed by atoms with van der Waals surface area (Å²) in [4.78, 5) is 10.5. The fourth-order valence-corrected chi connectivity index (χ4v) is 1.88. The minimum Gasteiger partial charge on any atom is -0.480 e. The molecule has 0 unspecified atom stereocenters. The van der Waals surface area contributed by atoms with Gasteiger partial charge in [-0.25, -0.2) is 0 Å². The zero-order chi connectivity index (χ0) is 13.9. The summed E-state index contributed by atoms with van der Waals surface area (Å²) < 4.78 is 5.20. The molecule has 0 aliphatic carbocycles. The van der Waals surface area contributed by atoms with E-state index in [0.717, 1.165) is 0 Å². The van der Waals surface area contributed by atoms with Crippen molar-refractivity contribution in [3.8, 4) is 0 Å². The summed E-state index contributed by atoms with van der Waals surface area (Å²) in [5.74, 6) is -1.17. The van der Waals surface area contributed by atoms with Crippen molar-refractivity contribution in [2.24, 2.45) is 5.73 Å². The van der Waals surface area contributed by atoms with Crippen LogP contribution in [0.15, 0.2) is 0 Å². The largest absolute Gasteiger partial charge is 0.480 e. The molecule has 1 saturated heterocycles. The number of nitrogens with two attached hydrogens (primary N) is 1. The number of carboxylic acids is 1. The molecule has 0 spiro atoms. The molecule has 0 amide bonds. The molecule has 1 aliphatic heterocycles. The van der Waals surface area contributed by atoms with Gasteiger partial charge < -0.3 is 36.0 Å². The smallest absolute Gasteiger partial charge is 0.320 e. The van der Waals surface area contributed by atoms with E-state index in [4.69, 9.17) is 20.7 Å². The van der Waals surface area contributed by atoms with E-state index in [2.05, 4.69) is 0 Å². The van der Waals surface area contributed by atoms with Gasteiger partial charge in [0.2, 0.25) is 0 Å². The molecule has 106 valence electrons. The lowest BCUT2D eigenvalue weighted by molar-refractivity contribution is -0.230. The van der Waals surface area contributed by atoms with Gasteiger partial charge in [-0.15, -0.1) is 0 Å². The maximum Gasteiger partial charge on any atom is 0.320 e. The number of carbonyl (C=O) groups is 1. The van der Waals surface area contributed by atoms with Crippen LogP contribution in [0.2, 0.25) is 0 Å². The Morgan fingerprint density at radius 1 is 1.17 bits per heavy atom.